The maximum absolute atomic E-state index is 11.5. The summed E-state index contributed by atoms with van der Waals surface area (Å²) in [6.07, 6.45) is 2.42. The number of halogens is 3. The molecule has 322 valence electrons. The van der Waals surface area contributed by atoms with Gasteiger partial charge in [-0.05, 0) is 26.8 Å². The molecule has 14 nitrogen and oxygen atoms in total. The molecule has 3 atom stereocenters. The van der Waals surface area contributed by atoms with Crippen molar-refractivity contribution in [1.29, 1.82) is 0 Å². The van der Waals surface area contributed by atoms with Crippen LogP contribution in [0, 0.1) is 0 Å². The van der Waals surface area contributed by atoms with E-state index in [1.807, 2.05) is 13.8 Å². The van der Waals surface area contributed by atoms with E-state index in [0.717, 1.165) is 46.2 Å². The Bertz CT molecular complexity index is 1040. The zero-order valence-corrected chi connectivity index (χ0v) is 34.5. The second-order valence-corrected chi connectivity index (χ2v) is 10.4. The van der Waals surface area contributed by atoms with Crippen LogP contribution < -0.4 is 0 Å². The summed E-state index contributed by atoms with van der Waals surface area (Å²) < 4.78 is 79.7. The van der Waals surface area contributed by atoms with Crippen molar-refractivity contribution in [3.05, 3.63) is 75.1 Å². The topological polar surface area (TPSA) is 170 Å². The average molecular weight is 803 g/mol. The molecule has 3 aliphatic heterocycles. The first-order valence-corrected chi connectivity index (χ1v) is 16.1. The lowest BCUT2D eigenvalue weighted by Crippen LogP contribution is -2.19. The Morgan fingerprint density at radius 2 is 1.27 bits per heavy atom. The van der Waals surface area contributed by atoms with Gasteiger partial charge in [-0.2, -0.15) is 13.2 Å². The Morgan fingerprint density at radius 1 is 0.818 bits per heavy atom. The van der Waals surface area contributed by atoms with Gasteiger partial charge in [0, 0.05) is 39.4 Å². The molecule has 0 amide bonds. The van der Waals surface area contributed by atoms with E-state index in [1.54, 1.807) is 41.4 Å². The predicted molar refractivity (Wildman–Crippen MR) is 204 cm³/mol. The maximum Gasteiger partial charge on any atom is 0.422 e. The van der Waals surface area contributed by atoms with Gasteiger partial charge in [-0.3, -0.25) is 4.79 Å². The molecule has 0 saturated carbocycles. The van der Waals surface area contributed by atoms with Gasteiger partial charge >= 0.3 is 24.1 Å². The third kappa shape index (κ3) is 62.2. The molecular weight excluding hydrogens is 737 g/mol. The standard InChI is InChI=1S/C5H5F3O2.C5H10O2.C5H8O2.C5H8O.C4H8O2.C4H6O2.C4H8O.2C3H6O/c1-3(4(9)10-2)5(6,7)8;1-5(3-6-2)4-7-5;1-4(2)5(6)7-3;1-3-5(6)4-2;1-5-2-4-3-6-4;1-3-4(5)6-2;1-3-4-5-2;1-3-2-4-3;1-3-4-2/h1H2,2H3;3-4H2,1-2H3;1H2,2-3H3;3H,1,4H2,2H3;4H,2-3H2,1H3;3H,1H2,2H3;3H,1,4H2,2H3;3H,2H2,1H3;3H,1H2,2H3. The van der Waals surface area contributed by atoms with Crippen LogP contribution in [-0.2, 0) is 66.5 Å². The summed E-state index contributed by atoms with van der Waals surface area (Å²) in [7, 11) is 10.1. The van der Waals surface area contributed by atoms with Gasteiger partial charge in [0.25, 0.3) is 0 Å². The van der Waals surface area contributed by atoms with Crippen LogP contribution in [0.15, 0.2) is 75.1 Å². The molecule has 17 heteroatoms. The number of rotatable bonds is 12. The van der Waals surface area contributed by atoms with E-state index in [2.05, 4.69) is 70.1 Å². The number of epoxide rings is 3. The number of carbonyl (C=O) groups is 4. The number of methoxy groups -OCH3 is 7. The van der Waals surface area contributed by atoms with Crippen LogP contribution in [0.2, 0.25) is 0 Å². The Balaban J connectivity index is -0.000000124. The first-order valence-electron chi connectivity index (χ1n) is 16.1. The number of alkyl halides is 3. The minimum absolute atomic E-state index is 0.0781. The van der Waals surface area contributed by atoms with Crippen molar-refractivity contribution in [2.24, 2.45) is 0 Å². The van der Waals surface area contributed by atoms with E-state index in [9.17, 15) is 32.3 Å². The summed E-state index contributed by atoms with van der Waals surface area (Å²) in [5, 5.41) is 0. The number of ketones is 1. The van der Waals surface area contributed by atoms with E-state index >= 15 is 0 Å². The quantitative estimate of drug-likeness (QED) is 0.0565. The van der Waals surface area contributed by atoms with Gasteiger partial charge in [-0.15, -0.1) is 6.58 Å². The molecule has 3 unspecified atom stereocenters. The fourth-order valence-electron chi connectivity index (χ4n) is 1.72. The number of hydrogen-bond donors (Lipinski definition) is 0. The van der Waals surface area contributed by atoms with Gasteiger partial charge in [0.1, 0.15) is 17.3 Å². The molecule has 3 fully saturated rings. The van der Waals surface area contributed by atoms with Crippen LogP contribution in [-0.4, -0.2) is 137 Å². The molecular formula is C38H65F3O14. The molecule has 0 aliphatic carbocycles. The molecule has 0 N–H and O–H groups in total. The molecule has 3 saturated heterocycles. The highest BCUT2D eigenvalue weighted by Gasteiger charge is 2.39. The molecule has 0 bridgehead atoms. The fraction of sp³-hybridized carbons (Fsp3) is 0.579. The van der Waals surface area contributed by atoms with E-state index in [4.69, 9.17) is 23.7 Å². The van der Waals surface area contributed by atoms with E-state index < -0.39 is 23.7 Å². The summed E-state index contributed by atoms with van der Waals surface area (Å²) in [6, 6.07) is 0. The SMILES string of the molecule is C=C(C(=O)OC)C(F)(F)F.C=C(C)C(=O)OC.C=CC(=O)CC.C=CC(=O)OC.C=CCOC.C=COC.CC1CO1.COCC1(C)CO1.COCC1CO1. The predicted octanol–water partition coefficient (Wildman–Crippen LogP) is 5.96. The van der Waals surface area contributed by atoms with Crippen LogP contribution in [0.5, 0.6) is 0 Å². The number of esters is 3. The molecule has 0 aromatic rings. The summed E-state index contributed by atoms with van der Waals surface area (Å²) in [5.74, 6) is -2.09. The highest BCUT2D eigenvalue weighted by molar-refractivity contribution is 5.89. The maximum atomic E-state index is 11.5. The molecule has 55 heavy (non-hydrogen) atoms. The normalized spacial score (nSPS) is 16.7. The summed E-state index contributed by atoms with van der Waals surface area (Å²) in [5.41, 5.74) is -0.980. The van der Waals surface area contributed by atoms with Crippen molar-refractivity contribution >= 4 is 23.7 Å². The Labute approximate surface area is 325 Å². The molecule has 3 aliphatic rings. The third-order valence-electron chi connectivity index (χ3n) is 5.04. The van der Waals surface area contributed by atoms with E-state index in [0.29, 0.717) is 30.8 Å². The molecule has 0 aromatic carbocycles. The largest absolute Gasteiger partial charge is 0.505 e. The van der Waals surface area contributed by atoms with Crippen molar-refractivity contribution in [2.45, 2.75) is 58.1 Å². The van der Waals surface area contributed by atoms with Gasteiger partial charge < -0.3 is 47.4 Å². The monoisotopic (exact) mass is 802 g/mol. The van der Waals surface area contributed by atoms with Crippen molar-refractivity contribution in [2.75, 3.05) is 89.4 Å². The Kier molecular flexibility index (Phi) is 48.7. The number of hydrogen-bond acceptors (Lipinski definition) is 14. The highest BCUT2D eigenvalue weighted by atomic mass is 19.4. The number of allylic oxidation sites excluding steroid dienone is 1. The molecule has 3 rings (SSSR count). The van der Waals surface area contributed by atoms with E-state index in [1.165, 1.54) is 26.6 Å². The van der Waals surface area contributed by atoms with Crippen LogP contribution in [0.4, 0.5) is 13.2 Å². The zero-order valence-electron chi connectivity index (χ0n) is 34.5. The minimum atomic E-state index is -4.69. The van der Waals surface area contributed by atoms with Crippen LogP contribution in [0.3, 0.4) is 0 Å². The van der Waals surface area contributed by atoms with Gasteiger partial charge in [0.2, 0.25) is 0 Å². The van der Waals surface area contributed by atoms with Crippen LogP contribution in [0.1, 0.15) is 34.1 Å². The van der Waals surface area contributed by atoms with Gasteiger partial charge in [0.15, 0.2) is 5.78 Å². The lowest BCUT2D eigenvalue weighted by atomic mass is 10.2. The number of ether oxygens (including phenoxy) is 10. The molecule has 0 spiro atoms. The average Bonchev–Trinajstić information content (AvgIpc) is 4.09. The Hall–Kier alpha value is -4.13. The minimum Gasteiger partial charge on any atom is -0.505 e. The smallest absolute Gasteiger partial charge is 0.422 e. The van der Waals surface area contributed by atoms with Crippen molar-refractivity contribution in [1.82, 2.24) is 0 Å². The van der Waals surface area contributed by atoms with Crippen molar-refractivity contribution in [3.8, 4) is 0 Å². The second kappa shape index (κ2) is 42.6. The Morgan fingerprint density at radius 3 is 1.33 bits per heavy atom. The first kappa shape index (κ1) is 62.8. The van der Waals surface area contributed by atoms with E-state index in [-0.39, 0.29) is 17.4 Å². The second-order valence-electron chi connectivity index (χ2n) is 10.4. The highest BCUT2D eigenvalue weighted by Crippen LogP contribution is 2.25. The molecule has 3 heterocycles. The molecule has 0 aromatic heterocycles. The van der Waals surface area contributed by atoms with Crippen LogP contribution >= 0.6 is 0 Å². The zero-order chi connectivity index (χ0) is 44.5. The fourth-order valence-corrected chi connectivity index (χ4v) is 1.72. The summed E-state index contributed by atoms with van der Waals surface area (Å²) in [4.78, 5) is 40.2. The van der Waals surface area contributed by atoms with Gasteiger partial charge in [-0.1, -0.05) is 45.9 Å². The summed E-state index contributed by atoms with van der Waals surface area (Å²) >= 11 is 0. The first-order chi connectivity index (χ1) is 25.6. The molecule has 0 radical (unpaired) electrons. The van der Waals surface area contributed by atoms with Crippen molar-refractivity contribution < 1.29 is 79.7 Å². The lowest BCUT2D eigenvalue weighted by Gasteiger charge is -2.05. The number of carbonyl (C=O) groups excluding carboxylic acids is 4. The lowest BCUT2D eigenvalue weighted by molar-refractivity contribution is -0.148. The van der Waals surface area contributed by atoms with Crippen LogP contribution in [0.25, 0.3) is 0 Å². The summed E-state index contributed by atoms with van der Waals surface area (Å²) in [6.45, 7) is 31.4. The third-order valence-corrected chi connectivity index (χ3v) is 5.04. The van der Waals surface area contributed by atoms with Crippen molar-refractivity contribution in [3.63, 3.8) is 0 Å². The van der Waals surface area contributed by atoms with Gasteiger partial charge in [-0.25, -0.2) is 14.4 Å². The van der Waals surface area contributed by atoms with Gasteiger partial charge in [0.05, 0.1) is 80.4 Å².